The van der Waals surface area contributed by atoms with Gasteiger partial charge in [0.1, 0.15) is 12.4 Å². The van der Waals surface area contributed by atoms with Gasteiger partial charge in [-0.15, -0.1) is 0 Å². The second-order valence-corrected chi connectivity index (χ2v) is 14.1. The highest BCUT2D eigenvalue weighted by molar-refractivity contribution is 6.74. The van der Waals surface area contributed by atoms with E-state index in [4.69, 9.17) is 9.16 Å². The van der Waals surface area contributed by atoms with Crippen LogP contribution in [0.3, 0.4) is 0 Å². The van der Waals surface area contributed by atoms with Crippen LogP contribution in [-0.4, -0.2) is 44.1 Å². The van der Waals surface area contributed by atoms with E-state index in [0.717, 1.165) is 12.0 Å². The average Bonchev–Trinajstić information content (AvgIpc) is 3.08. The van der Waals surface area contributed by atoms with Gasteiger partial charge >= 0.3 is 6.09 Å². The van der Waals surface area contributed by atoms with Gasteiger partial charge in [-0.3, -0.25) is 4.79 Å². The summed E-state index contributed by atoms with van der Waals surface area (Å²) in [6, 6.07) is 8.70. The number of benzene rings is 1. The number of hydrogen-bond donors (Lipinski definition) is 2. The molecule has 1 aromatic rings. The summed E-state index contributed by atoms with van der Waals surface area (Å²) in [6.07, 6.45) is 0.281. The minimum atomic E-state index is -2.08. The van der Waals surface area contributed by atoms with E-state index in [1.807, 2.05) is 30.3 Å². The number of hydrogen-bond acceptors (Lipinski definition) is 5. The van der Waals surface area contributed by atoms with Crippen molar-refractivity contribution in [3.8, 4) is 0 Å². The molecule has 1 aromatic carbocycles. The van der Waals surface area contributed by atoms with Gasteiger partial charge in [0, 0.05) is 12.3 Å². The number of carbonyl (C=O) groups is 2. The van der Waals surface area contributed by atoms with Crippen molar-refractivity contribution < 1.29 is 23.9 Å². The molecule has 0 aromatic heterocycles. The van der Waals surface area contributed by atoms with Crippen LogP contribution >= 0.6 is 0 Å². The lowest BCUT2D eigenvalue weighted by atomic mass is 9.94. The average molecular weight is 422 g/mol. The fraction of sp³-hybridized carbons (Fsp3) is 0.636. The van der Waals surface area contributed by atoms with Crippen molar-refractivity contribution in [2.45, 2.75) is 76.9 Å². The molecule has 2 N–H and O–H groups in total. The number of alkyl carbamates (subject to hydrolysis) is 1. The molecule has 3 atom stereocenters. The summed E-state index contributed by atoms with van der Waals surface area (Å²) in [5.41, 5.74) is 0.878. The van der Waals surface area contributed by atoms with Crippen molar-refractivity contribution >= 4 is 20.2 Å². The number of amides is 1. The highest BCUT2D eigenvalue weighted by atomic mass is 28.4. The Balaban J connectivity index is 2.03. The first-order chi connectivity index (χ1) is 13.5. The molecule has 0 unspecified atom stereocenters. The number of ketones is 1. The Morgan fingerprint density at radius 1 is 1.28 bits per heavy atom. The first-order valence-corrected chi connectivity index (χ1v) is 13.2. The third kappa shape index (κ3) is 6.66. The van der Waals surface area contributed by atoms with Crippen LogP contribution in [0, 0.1) is 5.92 Å². The lowest BCUT2D eigenvalue weighted by molar-refractivity contribution is -0.124. The number of aliphatic hydroxyl groups excluding tert-OH is 1. The predicted octanol–water partition coefficient (Wildman–Crippen LogP) is 4.03. The van der Waals surface area contributed by atoms with Gasteiger partial charge in [-0.1, -0.05) is 51.1 Å². The molecule has 0 saturated heterocycles. The molecule has 1 fully saturated rings. The zero-order valence-electron chi connectivity index (χ0n) is 18.2. The minimum absolute atomic E-state index is 0.000497. The van der Waals surface area contributed by atoms with Gasteiger partial charge in [0.05, 0.1) is 18.8 Å². The first-order valence-electron chi connectivity index (χ1n) is 10.3. The van der Waals surface area contributed by atoms with Crippen molar-refractivity contribution in [1.82, 2.24) is 5.32 Å². The summed E-state index contributed by atoms with van der Waals surface area (Å²) in [6.45, 7) is 10.9. The van der Waals surface area contributed by atoms with Crippen LogP contribution in [0.15, 0.2) is 30.3 Å². The second-order valence-electron chi connectivity index (χ2n) is 9.34. The molecule has 1 amide bonds. The van der Waals surface area contributed by atoms with Gasteiger partial charge in [-0.05, 0) is 36.5 Å². The van der Waals surface area contributed by atoms with Crippen molar-refractivity contribution in [2.75, 3.05) is 6.61 Å². The molecule has 29 heavy (non-hydrogen) atoms. The molecule has 0 aliphatic heterocycles. The number of Topliss-reactive ketones (excluding diaryl/α,β-unsaturated/α-hetero) is 1. The van der Waals surface area contributed by atoms with E-state index in [1.165, 1.54) is 0 Å². The Bertz CT molecular complexity index is 686. The van der Waals surface area contributed by atoms with E-state index in [-0.39, 0.29) is 24.0 Å². The first kappa shape index (κ1) is 23.6. The maximum atomic E-state index is 12.4. The van der Waals surface area contributed by atoms with Gasteiger partial charge in [-0.25, -0.2) is 4.79 Å². The summed E-state index contributed by atoms with van der Waals surface area (Å²) in [4.78, 5) is 24.5. The largest absolute Gasteiger partial charge is 0.445 e. The molecular formula is C22H35NO5Si. The van der Waals surface area contributed by atoms with E-state index < -0.39 is 32.5 Å². The molecule has 1 aliphatic rings. The SMILES string of the molecule is CC(C)(C)[Si](C)(C)OC[C@H](NC(=O)OCc1ccccc1)[C@H](O)[C@H]1CCCC1=O. The summed E-state index contributed by atoms with van der Waals surface area (Å²) in [5, 5.41) is 13.6. The number of aliphatic hydroxyl groups is 1. The van der Waals surface area contributed by atoms with Crippen molar-refractivity contribution in [1.29, 1.82) is 0 Å². The van der Waals surface area contributed by atoms with E-state index in [9.17, 15) is 14.7 Å². The molecule has 2 rings (SSSR count). The molecule has 6 nitrogen and oxygen atoms in total. The van der Waals surface area contributed by atoms with Crippen molar-refractivity contribution in [3.63, 3.8) is 0 Å². The van der Waals surface area contributed by atoms with Gasteiger partial charge in [-0.2, -0.15) is 0 Å². The monoisotopic (exact) mass is 421 g/mol. The van der Waals surface area contributed by atoms with Gasteiger partial charge < -0.3 is 19.6 Å². The van der Waals surface area contributed by atoms with Crippen LogP contribution in [0.2, 0.25) is 18.1 Å². The molecular weight excluding hydrogens is 386 g/mol. The molecule has 0 radical (unpaired) electrons. The molecule has 1 aliphatic carbocycles. The van der Waals surface area contributed by atoms with Crippen LogP contribution in [0.25, 0.3) is 0 Å². The lowest BCUT2D eigenvalue weighted by Gasteiger charge is -2.38. The van der Waals surface area contributed by atoms with Gasteiger partial charge in [0.15, 0.2) is 8.32 Å². The fourth-order valence-electron chi connectivity index (χ4n) is 3.14. The summed E-state index contributed by atoms with van der Waals surface area (Å²) in [5.74, 6) is -0.410. The summed E-state index contributed by atoms with van der Waals surface area (Å²) >= 11 is 0. The molecule has 162 valence electrons. The molecule has 7 heteroatoms. The molecule has 0 bridgehead atoms. The Morgan fingerprint density at radius 2 is 1.93 bits per heavy atom. The number of rotatable bonds is 8. The smallest absolute Gasteiger partial charge is 0.407 e. The van der Waals surface area contributed by atoms with E-state index in [0.29, 0.717) is 12.8 Å². The van der Waals surface area contributed by atoms with Crippen molar-refractivity contribution in [2.24, 2.45) is 5.92 Å². The highest BCUT2D eigenvalue weighted by Crippen LogP contribution is 2.37. The van der Waals surface area contributed by atoms with Crippen LogP contribution in [0.4, 0.5) is 4.79 Å². The maximum absolute atomic E-state index is 12.4. The van der Waals surface area contributed by atoms with Crippen LogP contribution < -0.4 is 5.32 Å². The standard InChI is InChI=1S/C22H35NO5Si/c1-22(2,3)29(4,5)28-15-18(20(25)17-12-9-13-19(17)24)23-21(26)27-14-16-10-7-6-8-11-16/h6-8,10-11,17-18,20,25H,9,12-15H2,1-5H3,(H,23,26)/t17-,18-,20+/m0/s1. The molecule has 0 heterocycles. The Labute approximate surface area is 175 Å². The zero-order valence-corrected chi connectivity index (χ0v) is 19.2. The number of ether oxygens (including phenoxy) is 1. The van der Waals surface area contributed by atoms with Gasteiger partial charge in [0.25, 0.3) is 0 Å². The maximum Gasteiger partial charge on any atom is 0.407 e. The fourth-order valence-corrected chi connectivity index (χ4v) is 4.17. The molecule has 1 saturated carbocycles. The molecule has 0 spiro atoms. The quantitative estimate of drug-likeness (QED) is 0.619. The predicted molar refractivity (Wildman–Crippen MR) is 115 cm³/mol. The summed E-state index contributed by atoms with van der Waals surface area (Å²) < 4.78 is 11.5. The Kier molecular flexibility index (Phi) is 8.02. The minimum Gasteiger partial charge on any atom is -0.445 e. The lowest BCUT2D eigenvalue weighted by Crippen LogP contribution is -2.53. The van der Waals surface area contributed by atoms with Crippen molar-refractivity contribution in [3.05, 3.63) is 35.9 Å². The van der Waals surface area contributed by atoms with Gasteiger partial charge in [0.2, 0.25) is 0 Å². The Hall–Kier alpha value is -1.70. The third-order valence-electron chi connectivity index (χ3n) is 6.12. The normalized spacial score (nSPS) is 19.7. The zero-order chi connectivity index (χ0) is 21.7. The topological polar surface area (TPSA) is 84.9 Å². The highest BCUT2D eigenvalue weighted by Gasteiger charge is 2.41. The number of nitrogens with one attached hydrogen (secondary N) is 1. The van der Waals surface area contributed by atoms with Crippen LogP contribution in [-0.2, 0) is 20.6 Å². The second kappa shape index (κ2) is 9.87. The van der Waals surface area contributed by atoms with Crippen LogP contribution in [0.5, 0.6) is 0 Å². The van der Waals surface area contributed by atoms with E-state index in [2.05, 4.69) is 39.2 Å². The van der Waals surface area contributed by atoms with E-state index in [1.54, 1.807) is 0 Å². The van der Waals surface area contributed by atoms with E-state index >= 15 is 0 Å². The van der Waals surface area contributed by atoms with Crippen LogP contribution in [0.1, 0.15) is 45.6 Å². The number of carbonyl (C=O) groups excluding carboxylic acids is 2. The summed E-state index contributed by atoms with van der Waals surface area (Å²) in [7, 11) is -2.08. The third-order valence-corrected chi connectivity index (χ3v) is 10.6. The Morgan fingerprint density at radius 3 is 2.48 bits per heavy atom.